The maximum Gasteiger partial charge on any atom is 0.329 e. The van der Waals surface area contributed by atoms with Crippen molar-refractivity contribution in [2.24, 2.45) is 11.0 Å². The van der Waals surface area contributed by atoms with Crippen LogP contribution < -0.4 is 11.4 Å². The van der Waals surface area contributed by atoms with Gasteiger partial charge in [-0.1, -0.05) is 12.1 Å². The van der Waals surface area contributed by atoms with E-state index in [0.29, 0.717) is 31.3 Å². The van der Waals surface area contributed by atoms with Crippen molar-refractivity contribution in [2.45, 2.75) is 44.8 Å². The van der Waals surface area contributed by atoms with E-state index in [0.717, 1.165) is 67.5 Å². The Kier molecular flexibility index (Phi) is 7.60. The van der Waals surface area contributed by atoms with Crippen LogP contribution in [0.3, 0.4) is 0 Å². The molecule has 0 spiro atoms. The third kappa shape index (κ3) is 5.62. The Bertz CT molecular complexity index is 1610. The molecule has 212 valence electrons. The second-order valence-corrected chi connectivity index (χ2v) is 11.0. The van der Waals surface area contributed by atoms with Crippen molar-refractivity contribution in [3.8, 4) is 0 Å². The average molecular weight is 553 g/mol. The molecule has 2 aliphatic heterocycles. The minimum atomic E-state index is -0.0345. The number of amides is 1. The molecule has 0 radical (unpaired) electrons. The Hall–Kier alpha value is -4.38. The second-order valence-electron chi connectivity index (χ2n) is 11.0. The molecule has 0 saturated carbocycles. The molecular weight excluding hydrogens is 518 g/mol. The molecule has 2 N–H and O–H groups in total. The van der Waals surface area contributed by atoms with Crippen LogP contribution in [0.25, 0.3) is 16.6 Å². The lowest BCUT2D eigenvalue weighted by molar-refractivity contribution is -0.138. The van der Waals surface area contributed by atoms with Gasteiger partial charge in [-0.2, -0.15) is 0 Å². The number of para-hydroxylation sites is 2. The largest absolute Gasteiger partial charge is 0.705 e. The van der Waals surface area contributed by atoms with Gasteiger partial charge < -0.3 is 21.3 Å². The summed E-state index contributed by atoms with van der Waals surface area (Å²) in [5, 5.41) is 3.17. The fourth-order valence-electron chi connectivity index (χ4n) is 6.33. The molecule has 0 unspecified atom stereocenters. The van der Waals surface area contributed by atoms with Gasteiger partial charge in [0, 0.05) is 44.0 Å². The maximum absolute atomic E-state index is 13.7. The number of hydrogen-bond donors (Lipinski definition) is 1. The zero-order valence-corrected chi connectivity index (χ0v) is 23.0. The third-order valence-electron chi connectivity index (χ3n) is 8.45. The second kappa shape index (κ2) is 11.6. The number of piperidine rings is 2. The van der Waals surface area contributed by atoms with Crippen LogP contribution in [0.1, 0.15) is 42.9 Å². The number of carbonyl (C=O) groups excluding carboxylic acids is 1. The summed E-state index contributed by atoms with van der Waals surface area (Å²) < 4.78 is 3.73. The van der Waals surface area contributed by atoms with Gasteiger partial charge in [0.2, 0.25) is 5.91 Å². The monoisotopic (exact) mass is 552 g/mol. The van der Waals surface area contributed by atoms with Gasteiger partial charge >= 0.3 is 5.69 Å². The number of nitrogens with two attached hydrogens (primary N) is 1. The number of rotatable bonds is 7. The molecule has 41 heavy (non-hydrogen) atoms. The highest BCUT2D eigenvalue weighted by Crippen LogP contribution is 2.29. The molecule has 0 bridgehead atoms. The summed E-state index contributed by atoms with van der Waals surface area (Å²) in [7, 11) is 0. The maximum atomic E-state index is 13.7. The van der Waals surface area contributed by atoms with E-state index in [1.807, 2.05) is 45.9 Å². The molecule has 2 fully saturated rings. The predicted molar refractivity (Wildman–Crippen MR) is 156 cm³/mol. The SMILES string of the molecule is [N-]=Nc1cc(CN2CCC(C(=O)N3CCC(n4c(=O)n(Cc5ccnc(N)c5)c5ccccc54)CC3)CC2)ccn1. The number of benzene rings is 1. The van der Waals surface area contributed by atoms with Crippen molar-refractivity contribution >= 4 is 28.6 Å². The summed E-state index contributed by atoms with van der Waals surface area (Å²) in [6.07, 6.45) is 6.47. The topological polar surface area (TPSA) is 137 Å². The van der Waals surface area contributed by atoms with E-state index in [-0.39, 0.29) is 23.6 Å². The van der Waals surface area contributed by atoms with Crippen LogP contribution in [-0.4, -0.2) is 61.0 Å². The first-order valence-electron chi connectivity index (χ1n) is 14.2. The molecule has 0 atom stereocenters. The average Bonchev–Trinajstić information content (AvgIpc) is 3.28. The Morgan fingerprint density at radius 1 is 0.902 bits per heavy atom. The van der Waals surface area contributed by atoms with Gasteiger partial charge in [-0.15, -0.1) is 0 Å². The Morgan fingerprint density at radius 2 is 1.59 bits per heavy atom. The lowest BCUT2D eigenvalue weighted by Gasteiger charge is -2.37. The fourth-order valence-corrected chi connectivity index (χ4v) is 6.33. The number of anilines is 1. The van der Waals surface area contributed by atoms with E-state index in [4.69, 9.17) is 11.3 Å². The molecule has 1 aromatic carbocycles. The van der Waals surface area contributed by atoms with Gasteiger partial charge in [-0.05, 0) is 86.3 Å². The number of imidazole rings is 1. The first-order chi connectivity index (χ1) is 20.0. The lowest BCUT2D eigenvalue weighted by Crippen LogP contribution is -2.46. The normalized spacial score (nSPS) is 17.2. The number of fused-ring (bicyclic) bond motifs is 1. The molecule has 5 heterocycles. The van der Waals surface area contributed by atoms with Gasteiger partial charge in [0.25, 0.3) is 0 Å². The van der Waals surface area contributed by atoms with Crippen LogP contribution in [0, 0.1) is 5.92 Å². The summed E-state index contributed by atoms with van der Waals surface area (Å²) in [5.74, 6) is 1.00. The smallest absolute Gasteiger partial charge is 0.329 e. The van der Waals surface area contributed by atoms with Gasteiger partial charge in [-0.25, -0.2) is 14.8 Å². The van der Waals surface area contributed by atoms with Crippen molar-refractivity contribution in [3.05, 3.63) is 88.1 Å². The van der Waals surface area contributed by atoms with Gasteiger partial charge in [0.1, 0.15) is 11.6 Å². The highest BCUT2D eigenvalue weighted by Gasteiger charge is 2.32. The summed E-state index contributed by atoms with van der Waals surface area (Å²) in [5.41, 5.74) is 18.6. The molecule has 1 amide bonds. The van der Waals surface area contributed by atoms with Crippen molar-refractivity contribution in [1.29, 1.82) is 0 Å². The number of likely N-dealkylation sites (tertiary alicyclic amines) is 2. The molecular formula is C30H34N9O2-. The summed E-state index contributed by atoms with van der Waals surface area (Å²) >= 11 is 0. The zero-order valence-electron chi connectivity index (χ0n) is 23.0. The van der Waals surface area contributed by atoms with Crippen LogP contribution in [0.4, 0.5) is 11.6 Å². The molecule has 0 aliphatic carbocycles. The molecule has 4 aromatic rings. The van der Waals surface area contributed by atoms with Crippen molar-refractivity contribution < 1.29 is 4.79 Å². The van der Waals surface area contributed by atoms with Gasteiger partial charge in [0.05, 0.1) is 17.6 Å². The standard InChI is InChI=1S/C30H34N9O2/c31-27-17-21(5-11-33-27)20-38-25-3-1-2-4-26(25)39(30(38)41)24-9-15-37(16-10-24)29(40)23-7-13-36(14-8-23)19-22-6-12-34-28(18-22)35-32/h1-6,11-12,17-18,23-24H,7-10,13-16,19-20H2,(H2,31,33)/q-1. The predicted octanol–water partition coefficient (Wildman–Crippen LogP) is 3.95. The van der Waals surface area contributed by atoms with E-state index < -0.39 is 0 Å². The molecule has 6 rings (SSSR count). The minimum Gasteiger partial charge on any atom is -0.705 e. The van der Waals surface area contributed by atoms with Crippen LogP contribution in [0.15, 0.2) is 70.8 Å². The van der Waals surface area contributed by atoms with E-state index >= 15 is 0 Å². The quantitative estimate of drug-likeness (QED) is 0.345. The van der Waals surface area contributed by atoms with E-state index in [2.05, 4.69) is 20.0 Å². The van der Waals surface area contributed by atoms with Crippen molar-refractivity contribution in [3.63, 3.8) is 0 Å². The van der Waals surface area contributed by atoms with E-state index in [1.165, 1.54) is 0 Å². The van der Waals surface area contributed by atoms with Crippen molar-refractivity contribution in [1.82, 2.24) is 28.9 Å². The Labute approximate surface area is 238 Å². The molecule has 3 aromatic heterocycles. The van der Waals surface area contributed by atoms with Crippen LogP contribution >= 0.6 is 0 Å². The number of aromatic nitrogens is 4. The number of hydrogen-bond acceptors (Lipinski definition) is 7. The summed E-state index contributed by atoms with van der Waals surface area (Å²) in [4.78, 5) is 39.5. The number of carbonyl (C=O) groups is 1. The lowest BCUT2D eigenvalue weighted by atomic mass is 9.93. The zero-order chi connectivity index (χ0) is 28.3. The van der Waals surface area contributed by atoms with Gasteiger partial charge in [0.15, 0.2) is 0 Å². The highest BCUT2D eigenvalue weighted by atomic mass is 16.2. The minimum absolute atomic E-state index is 0.0284. The fraction of sp³-hybridized carbons (Fsp3) is 0.400. The van der Waals surface area contributed by atoms with Crippen LogP contribution in [0.2, 0.25) is 0 Å². The molecule has 2 saturated heterocycles. The number of nitrogens with zero attached hydrogens (tertiary/aromatic N) is 8. The molecule has 11 nitrogen and oxygen atoms in total. The summed E-state index contributed by atoms with van der Waals surface area (Å²) in [6.45, 7) is 4.17. The van der Waals surface area contributed by atoms with Crippen LogP contribution in [0.5, 0.6) is 0 Å². The highest BCUT2D eigenvalue weighted by molar-refractivity contribution is 5.79. The Balaban J connectivity index is 1.09. The van der Waals surface area contributed by atoms with E-state index in [1.54, 1.807) is 29.1 Å². The summed E-state index contributed by atoms with van der Waals surface area (Å²) in [6, 6.07) is 15.3. The molecule has 2 aliphatic rings. The van der Waals surface area contributed by atoms with Gasteiger partial charge in [-0.3, -0.25) is 18.8 Å². The molecule has 11 heteroatoms. The van der Waals surface area contributed by atoms with Crippen LogP contribution in [-0.2, 0) is 17.9 Å². The Morgan fingerprint density at radius 3 is 2.29 bits per heavy atom. The first-order valence-corrected chi connectivity index (χ1v) is 14.2. The number of nitrogen functional groups attached to an aromatic ring is 1. The third-order valence-corrected chi connectivity index (χ3v) is 8.45. The first kappa shape index (κ1) is 26.8. The van der Waals surface area contributed by atoms with E-state index in [9.17, 15) is 9.59 Å². The van der Waals surface area contributed by atoms with Crippen molar-refractivity contribution in [2.75, 3.05) is 31.9 Å². The number of pyridine rings is 2.